The quantitative estimate of drug-likeness (QED) is 0.757. The van der Waals surface area contributed by atoms with Gasteiger partial charge in [-0.25, -0.2) is 0 Å². The smallest absolute Gasteiger partial charge is 0.0588 e. The predicted octanol–water partition coefficient (Wildman–Crippen LogP) is 2.57. The number of hydrogen-bond acceptors (Lipinski definition) is 2. The van der Waals surface area contributed by atoms with Crippen LogP contribution in [0.1, 0.15) is 31.2 Å². The summed E-state index contributed by atoms with van der Waals surface area (Å²) in [5, 5.41) is 13.6. The van der Waals surface area contributed by atoms with Gasteiger partial charge in [-0.1, -0.05) is 31.0 Å². The minimum atomic E-state index is -0.0967. The van der Waals surface area contributed by atoms with E-state index < -0.39 is 0 Å². The molecule has 0 aromatic heterocycles. The monoisotopic (exact) mass is 217 g/mol. The number of fused-ring (bicyclic) bond motifs is 1. The Morgan fingerprint density at radius 1 is 1.12 bits per heavy atom. The predicted molar refractivity (Wildman–Crippen MR) is 65.5 cm³/mol. The molecule has 1 heterocycles. The third-order valence-corrected chi connectivity index (χ3v) is 4.10. The first kappa shape index (κ1) is 10.2. The van der Waals surface area contributed by atoms with Gasteiger partial charge in [0, 0.05) is 17.6 Å². The molecule has 2 heteroatoms. The van der Waals surface area contributed by atoms with Gasteiger partial charge in [-0.2, -0.15) is 0 Å². The summed E-state index contributed by atoms with van der Waals surface area (Å²) in [6, 6.07) is 8.96. The van der Waals surface area contributed by atoms with Gasteiger partial charge in [0.2, 0.25) is 0 Å². The van der Waals surface area contributed by atoms with Crippen LogP contribution < -0.4 is 5.32 Å². The molecule has 2 aliphatic rings. The maximum atomic E-state index is 10.1. The first-order valence-electron chi connectivity index (χ1n) is 6.37. The summed E-state index contributed by atoms with van der Waals surface area (Å²) in [4.78, 5) is 0. The van der Waals surface area contributed by atoms with Gasteiger partial charge in [0.05, 0.1) is 6.10 Å². The lowest BCUT2D eigenvalue weighted by Crippen LogP contribution is -2.37. The van der Waals surface area contributed by atoms with Crippen molar-refractivity contribution < 1.29 is 5.11 Å². The van der Waals surface area contributed by atoms with E-state index >= 15 is 0 Å². The van der Waals surface area contributed by atoms with E-state index in [1.54, 1.807) is 0 Å². The summed E-state index contributed by atoms with van der Waals surface area (Å²) in [6.45, 7) is 0. The summed E-state index contributed by atoms with van der Waals surface area (Å²) in [6.07, 6.45) is 5.61. The molecule has 1 aromatic carbocycles. The van der Waals surface area contributed by atoms with Gasteiger partial charge < -0.3 is 10.4 Å². The summed E-state index contributed by atoms with van der Waals surface area (Å²) >= 11 is 0. The lowest BCUT2D eigenvalue weighted by atomic mass is 9.80. The Balaban J connectivity index is 1.75. The zero-order valence-electron chi connectivity index (χ0n) is 9.52. The fourth-order valence-corrected chi connectivity index (χ4v) is 3.19. The maximum absolute atomic E-state index is 10.1. The van der Waals surface area contributed by atoms with Gasteiger partial charge in [-0.05, 0) is 30.9 Å². The Morgan fingerprint density at radius 3 is 2.75 bits per heavy atom. The van der Waals surface area contributed by atoms with Crippen LogP contribution in [0.2, 0.25) is 0 Å². The highest BCUT2D eigenvalue weighted by molar-refractivity contribution is 5.56. The van der Waals surface area contributed by atoms with E-state index in [2.05, 4.69) is 29.6 Å². The number of anilines is 1. The highest BCUT2D eigenvalue weighted by Crippen LogP contribution is 2.35. The van der Waals surface area contributed by atoms with Crippen LogP contribution in [0.3, 0.4) is 0 Å². The summed E-state index contributed by atoms with van der Waals surface area (Å²) < 4.78 is 0. The van der Waals surface area contributed by atoms with Crippen molar-refractivity contribution in [2.45, 2.75) is 44.2 Å². The summed E-state index contributed by atoms with van der Waals surface area (Å²) in [7, 11) is 0. The molecule has 0 bridgehead atoms. The van der Waals surface area contributed by atoms with Gasteiger partial charge in [0.1, 0.15) is 0 Å². The first-order valence-corrected chi connectivity index (χ1v) is 6.37. The van der Waals surface area contributed by atoms with Crippen LogP contribution in [-0.2, 0) is 6.42 Å². The molecule has 1 fully saturated rings. The van der Waals surface area contributed by atoms with Crippen LogP contribution in [0.15, 0.2) is 24.3 Å². The van der Waals surface area contributed by atoms with E-state index in [1.165, 1.54) is 30.5 Å². The van der Waals surface area contributed by atoms with Crippen LogP contribution in [0.25, 0.3) is 0 Å². The molecule has 0 spiro atoms. The van der Waals surface area contributed by atoms with Crippen molar-refractivity contribution >= 4 is 5.69 Å². The molecule has 3 atom stereocenters. The Hall–Kier alpha value is -1.02. The van der Waals surface area contributed by atoms with Crippen LogP contribution >= 0.6 is 0 Å². The number of aliphatic hydroxyl groups is 1. The molecule has 1 saturated carbocycles. The normalized spacial score (nSPS) is 33.2. The molecule has 16 heavy (non-hydrogen) atoms. The van der Waals surface area contributed by atoms with E-state index in [4.69, 9.17) is 0 Å². The Kier molecular flexibility index (Phi) is 2.60. The van der Waals surface area contributed by atoms with Crippen molar-refractivity contribution in [2.75, 3.05) is 5.32 Å². The molecule has 3 rings (SSSR count). The number of rotatable bonds is 1. The van der Waals surface area contributed by atoms with Crippen LogP contribution in [0.4, 0.5) is 5.69 Å². The van der Waals surface area contributed by atoms with E-state index in [1.807, 2.05) is 0 Å². The molecular weight excluding hydrogens is 198 g/mol. The van der Waals surface area contributed by atoms with Crippen LogP contribution in [0.5, 0.6) is 0 Å². The van der Waals surface area contributed by atoms with Crippen molar-refractivity contribution in [1.82, 2.24) is 0 Å². The van der Waals surface area contributed by atoms with Crippen molar-refractivity contribution in [3.05, 3.63) is 29.8 Å². The Bertz CT molecular complexity index is 352. The second kappa shape index (κ2) is 4.10. The van der Waals surface area contributed by atoms with Gasteiger partial charge in [-0.3, -0.25) is 0 Å². The fraction of sp³-hybridized carbons (Fsp3) is 0.571. The lowest BCUT2D eigenvalue weighted by Gasteiger charge is -2.32. The average molecular weight is 217 g/mol. The summed E-state index contributed by atoms with van der Waals surface area (Å²) in [5.74, 6) is 0.446. The van der Waals surface area contributed by atoms with Crippen molar-refractivity contribution in [3.63, 3.8) is 0 Å². The van der Waals surface area contributed by atoms with Gasteiger partial charge in [0.15, 0.2) is 0 Å². The van der Waals surface area contributed by atoms with Gasteiger partial charge in [0.25, 0.3) is 0 Å². The molecule has 0 saturated heterocycles. The number of aliphatic hydroxyl groups excluding tert-OH is 1. The van der Waals surface area contributed by atoms with Crippen molar-refractivity contribution in [2.24, 2.45) is 5.92 Å². The fourth-order valence-electron chi connectivity index (χ4n) is 3.19. The number of nitrogens with one attached hydrogen (secondary N) is 1. The van der Waals surface area contributed by atoms with Gasteiger partial charge >= 0.3 is 0 Å². The SMILES string of the molecule is OC1CCCCC1C1Cc2ccccc2N1. The van der Waals surface area contributed by atoms with Crippen LogP contribution in [-0.4, -0.2) is 17.3 Å². The molecule has 3 unspecified atom stereocenters. The van der Waals surface area contributed by atoms with Gasteiger partial charge in [-0.15, -0.1) is 0 Å². The highest BCUT2D eigenvalue weighted by atomic mass is 16.3. The zero-order valence-corrected chi connectivity index (χ0v) is 9.52. The largest absolute Gasteiger partial charge is 0.393 e. The van der Waals surface area contributed by atoms with E-state index in [-0.39, 0.29) is 6.10 Å². The minimum Gasteiger partial charge on any atom is -0.393 e. The lowest BCUT2D eigenvalue weighted by molar-refractivity contribution is 0.0607. The molecule has 2 N–H and O–H groups in total. The average Bonchev–Trinajstić information content (AvgIpc) is 2.73. The molecule has 0 radical (unpaired) electrons. The van der Waals surface area contributed by atoms with Crippen molar-refractivity contribution in [3.8, 4) is 0 Å². The third-order valence-electron chi connectivity index (χ3n) is 4.10. The standard InChI is InChI=1S/C14H19NO/c16-14-8-4-2-6-11(14)13-9-10-5-1-3-7-12(10)15-13/h1,3,5,7,11,13-16H,2,4,6,8-9H2. The number of hydrogen-bond donors (Lipinski definition) is 2. The molecular formula is C14H19NO. The molecule has 1 aliphatic heterocycles. The molecule has 0 amide bonds. The minimum absolute atomic E-state index is 0.0967. The zero-order chi connectivity index (χ0) is 11.0. The number of para-hydroxylation sites is 1. The van der Waals surface area contributed by atoms with E-state index in [0.29, 0.717) is 12.0 Å². The second-order valence-electron chi connectivity index (χ2n) is 5.13. The van der Waals surface area contributed by atoms with E-state index in [0.717, 1.165) is 12.8 Å². The Morgan fingerprint density at radius 2 is 1.94 bits per heavy atom. The molecule has 1 aliphatic carbocycles. The summed E-state index contributed by atoms with van der Waals surface area (Å²) in [5.41, 5.74) is 2.68. The molecule has 2 nitrogen and oxygen atoms in total. The Labute approximate surface area is 96.7 Å². The first-order chi connectivity index (χ1) is 7.84. The number of benzene rings is 1. The maximum Gasteiger partial charge on any atom is 0.0588 e. The topological polar surface area (TPSA) is 32.3 Å². The second-order valence-corrected chi connectivity index (χ2v) is 5.13. The van der Waals surface area contributed by atoms with E-state index in [9.17, 15) is 5.11 Å². The van der Waals surface area contributed by atoms with Crippen molar-refractivity contribution in [1.29, 1.82) is 0 Å². The molecule has 86 valence electrons. The molecule has 1 aromatic rings. The highest BCUT2D eigenvalue weighted by Gasteiger charge is 2.33. The van der Waals surface area contributed by atoms with Crippen LogP contribution in [0, 0.1) is 5.92 Å². The third kappa shape index (κ3) is 1.71.